The molecular formula is C23H20N4O6S2. The Kier molecular flexibility index (Phi) is 6.52. The summed E-state index contributed by atoms with van der Waals surface area (Å²) in [6.07, 6.45) is 4.76. The van der Waals surface area contributed by atoms with Crippen LogP contribution in [0.4, 0.5) is 5.69 Å². The number of aromatic nitrogens is 2. The molecule has 0 unspecified atom stereocenters. The molecule has 0 aliphatic carbocycles. The third kappa shape index (κ3) is 4.85. The molecule has 1 aliphatic rings. The highest BCUT2D eigenvalue weighted by Gasteiger charge is 2.28. The lowest BCUT2D eigenvalue weighted by atomic mass is 10.1. The predicted molar refractivity (Wildman–Crippen MR) is 135 cm³/mol. The average molecular weight is 513 g/mol. The van der Waals surface area contributed by atoms with Crippen LogP contribution in [0.3, 0.4) is 0 Å². The maximum atomic E-state index is 12.9. The lowest BCUT2D eigenvalue weighted by Crippen LogP contribution is -2.21. The Bertz CT molecular complexity index is 1550. The first-order valence-electron chi connectivity index (χ1n) is 10.2. The Morgan fingerprint density at radius 1 is 1.03 bits per heavy atom. The fourth-order valence-electron chi connectivity index (χ4n) is 3.48. The van der Waals surface area contributed by atoms with Crippen LogP contribution in [0.25, 0.3) is 11.8 Å². The summed E-state index contributed by atoms with van der Waals surface area (Å²) in [6, 6.07) is 11.9. The number of benzene rings is 2. The second kappa shape index (κ2) is 9.41. The van der Waals surface area contributed by atoms with E-state index in [4.69, 9.17) is 8.74 Å². The van der Waals surface area contributed by atoms with Crippen molar-refractivity contribution in [3.8, 4) is 11.4 Å². The molecule has 10 nitrogen and oxygen atoms in total. The molecule has 1 amide bonds. The molecule has 4 rings (SSSR count). The fraction of sp³-hybridized carbons (Fsp3) is 0.0870. The Labute approximate surface area is 206 Å². The van der Waals surface area contributed by atoms with E-state index in [1.54, 1.807) is 56.3 Å². The second-order valence-corrected chi connectivity index (χ2v) is 9.19. The summed E-state index contributed by atoms with van der Waals surface area (Å²) in [6.45, 7) is 3.43. The maximum absolute atomic E-state index is 12.9. The molecule has 2 heterocycles. The number of aromatic amines is 1. The highest BCUT2D eigenvalue weighted by Crippen LogP contribution is 2.25. The van der Waals surface area contributed by atoms with Crippen LogP contribution in [0.15, 0.2) is 81.0 Å². The summed E-state index contributed by atoms with van der Waals surface area (Å²) in [5.74, 6) is 0.128. The topological polar surface area (TPSA) is 134 Å². The standard InChI is InChI=1S/C23H20N4O6S2/c1-14-20(22(28)26(24-14)16-6-10-18(33-34)11-7-16)4-3-5-21-15(2)25-27(23(21)29)17-8-12-19(13-9-17)35(30,31)32/h3-13,24,34H,1-2H3,(H,30,31,32)/b4-3+,21-5+. The third-order valence-electron chi connectivity index (χ3n) is 5.28. The Morgan fingerprint density at radius 2 is 1.66 bits per heavy atom. The van der Waals surface area contributed by atoms with Crippen LogP contribution in [0, 0.1) is 6.92 Å². The van der Waals surface area contributed by atoms with Gasteiger partial charge in [-0.25, -0.2) is 4.68 Å². The van der Waals surface area contributed by atoms with Crippen molar-refractivity contribution in [2.75, 3.05) is 5.01 Å². The van der Waals surface area contributed by atoms with Crippen LogP contribution in [0.5, 0.6) is 5.75 Å². The first-order chi connectivity index (χ1) is 16.6. The van der Waals surface area contributed by atoms with Crippen LogP contribution in [0.2, 0.25) is 0 Å². The van der Waals surface area contributed by atoms with Crippen molar-refractivity contribution in [3.05, 3.63) is 87.9 Å². The van der Waals surface area contributed by atoms with Crippen LogP contribution in [0.1, 0.15) is 18.2 Å². The van der Waals surface area contributed by atoms with Gasteiger partial charge in [-0.3, -0.25) is 19.2 Å². The zero-order chi connectivity index (χ0) is 25.3. The van der Waals surface area contributed by atoms with E-state index >= 15 is 0 Å². The van der Waals surface area contributed by atoms with Crippen molar-refractivity contribution in [2.24, 2.45) is 5.10 Å². The molecule has 2 aromatic carbocycles. The minimum Gasteiger partial charge on any atom is -0.429 e. The number of H-pyrrole nitrogens is 1. The summed E-state index contributed by atoms with van der Waals surface area (Å²) in [5, 5.41) is 8.38. The zero-order valence-electron chi connectivity index (χ0n) is 18.5. The normalized spacial score (nSPS) is 15.3. The molecule has 0 spiro atoms. The molecule has 0 radical (unpaired) electrons. The Hall–Kier alpha value is -3.87. The van der Waals surface area contributed by atoms with Gasteiger partial charge in [0, 0.05) is 18.6 Å². The van der Waals surface area contributed by atoms with Gasteiger partial charge in [-0.15, -0.1) is 0 Å². The molecule has 0 fully saturated rings. The fourth-order valence-corrected chi connectivity index (χ4v) is 4.08. The molecule has 35 heavy (non-hydrogen) atoms. The molecule has 0 saturated heterocycles. The number of nitrogens with zero attached hydrogens (tertiary/aromatic N) is 3. The molecule has 0 bridgehead atoms. The molecule has 0 atom stereocenters. The van der Waals surface area contributed by atoms with Crippen molar-refractivity contribution >= 4 is 46.4 Å². The summed E-state index contributed by atoms with van der Waals surface area (Å²) in [4.78, 5) is 25.5. The minimum atomic E-state index is -4.34. The number of thiol groups is 1. The van der Waals surface area contributed by atoms with Crippen LogP contribution < -0.4 is 14.8 Å². The number of nitrogens with one attached hydrogen (secondary N) is 1. The van der Waals surface area contributed by atoms with E-state index in [0.29, 0.717) is 39.7 Å². The molecule has 0 saturated carbocycles. The van der Waals surface area contributed by atoms with Gasteiger partial charge in [0.25, 0.3) is 21.6 Å². The summed E-state index contributed by atoms with van der Waals surface area (Å²) < 4.78 is 37.8. The molecule has 180 valence electrons. The van der Waals surface area contributed by atoms with Crippen LogP contribution >= 0.6 is 12.9 Å². The number of anilines is 1. The van der Waals surface area contributed by atoms with Crippen molar-refractivity contribution < 1.29 is 21.9 Å². The van der Waals surface area contributed by atoms with Gasteiger partial charge < -0.3 is 4.18 Å². The number of amides is 1. The average Bonchev–Trinajstić information content (AvgIpc) is 3.28. The van der Waals surface area contributed by atoms with Crippen LogP contribution in [-0.4, -0.2) is 34.4 Å². The zero-order valence-corrected chi connectivity index (χ0v) is 20.2. The number of aryl methyl sites for hydroxylation is 1. The summed E-state index contributed by atoms with van der Waals surface area (Å²) >= 11 is 3.74. The van der Waals surface area contributed by atoms with Crippen molar-refractivity contribution in [1.82, 2.24) is 9.78 Å². The predicted octanol–water partition coefficient (Wildman–Crippen LogP) is 3.31. The van der Waals surface area contributed by atoms with Crippen molar-refractivity contribution in [2.45, 2.75) is 18.7 Å². The van der Waals surface area contributed by atoms with E-state index in [2.05, 4.69) is 23.1 Å². The Morgan fingerprint density at radius 3 is 2.26 bits per heavy atom. The number of allylic oxidation sites excluding steroid dienone is 2. The number of rotatable bonds is 6. The highest BCUT2D eigenvalue weighted by molar-refractivity contribution is 7.85. The molecule has 12 heteroatoms. The number of carbonyl (C=O) groups excluding carboxylic acids is 1. The van der Waals surface area contributed by atoms with E-state index in [1.807, 2.05) is 0 Å². The number of carbonyl (C=O) groups is 1. The highest BCUT2D eigenvalue weighted by atomic mass is 32.2. The first-order valence-corrected chi connectivity index (χ1v) is 12.0. The third-order valence-corrected chi connectivity index (χ3v) is 6.36. The van der Waals surface area contributed by atoms with Gasteiger partial charge in [-0.05, 0) is 74.5 Å². The minimum absolute atomic E-state index is 0.264. The van der Waals surface area contributed by atoms with Gasteiger partial charge in [0.05, 0.1) is 33.1 Å². The van der Waals surface area contributed by atoms with Gasteiger partial charge in [0.15, 0.2) is 0 Å². The molecule has 2 N–H and O–H groups in total. The quantitative estimate of drug-likeness (QED) is 0.201. The van der Waals surface area contributed by atoms with Gasteiger partial charge in [-0.2, -0.15) is 18.5 Å². The summed E-state index contributed by atoms with van der Waals surface area (Å²) in [5.41, 5.74) is 2.53. The van der Waals surface area contributed by atoms with Crippen molar-refractivity contribution in [3.63, 3.8) is 0 Å². The maximum Gasteiger partial charge on any atom is 0.294 e. The van der Waals surface area contributed by atoms with Gasteiger partial charge >= 0.3 is 0 Å². The molecular weight excluding hydrogens is 492 g/mol. The lowest BCUT2D eigenvalue weighted by molar-refractivity contribution is -0.114. The van der Waals surface area contributed by atoms with E-state index in [1.165, 1.54) is 28.9 Å². The first kappa shape index (κ1) is 24.3. The van der Waals surface area contributed by atoms with Gasteiger partial charge in [0.1, 0.15) is 5.75 Å². The SMILES string of the molecule is CC1=NN(c2ccc(S(=O)(=O)O)cc2)C(=O)/C1=C/C=C/c1c(C)[nH]n(-c2ccc(OS)cc2)c1=O. The molecule has 1 aliphatic heterocycles. The van der Waals surface area contributed by atoms with E-state index in [0.717, 1.165) is 5.01 Å². The smallest absolute Gasteiger partial charge is 0.294 e. The number of hydrogen-bond acceptors (Lipinski definition) is 7. The van der Waals surface area contributed by atoms with E-state index in [-0.39, 0.29) is 10.5 Å². The summed E-state index contributed by atoms with van der Waals surface area (Å²) in [7, 11) is -4.34. The van der Waals surface area contributed by atoms with Gasteiger partial charge in [-0.1, -0.05) is 6.08 Å². The van der Waals surface area contributed by atoms with Crippen molar-refractivity contribution in [1.29, 1.82) is 0 Å². The van der Waals surface area contributed by atoms with E-state index in [9.17, 15) is 18.0 Å². The molecule has 3 aromatic rings. The largest absolute Gasteiger partial charge is 0.429 e. The van der Waals surface area contributed by atoms with Gasteiger partial charge in [0.2, 0.25) is 0 Å². The number of hydrazone groups is 1. The molecule has 1 aromatic heterocycles. The number of hydrogen-bond donors (Lipinski definition) is 3. The Balaban J connectivity index is 1.56. The second-order valence-electron chi connectivity index (χ2n) is 7.59. The lowest BCUT2D eigenvalue weighted by Gasteiger charge is -2.11. The van der Waals surface area contributed by atoms with Crippen LogP contribution in [-0.2, 0) is 14.9 Å². The monoisotopic (exact) mass is 512 g/mol. The van der Waals surface area contributed by atoms with E-state index < -0.39 is 16.0 Å².